The second-order valence-electron chi connectivity index (χ2n) is 8.02. The second kappa shape index (κ2) is 9.27. The first-order valence-electron chi connectivity index (χ1n) is 11.1. The van der Waals surface area contributed by atoms with Gasteiger partial charge in [0.15, 0.2) is 0 Å². The summed E-state index contributed by atoms with van der Waals surface area (Å²) in [5.74, 6) is -0.521. The van der Waals surface area contributed by atoms with E-state index in [1.54, 1.807) is 29.2 Å². The highest BCUT2D eigenvalue weighted by molar-refractivity contribution is 6.11. The van der Waals surface area contributed by atoms with Crippen molar-refractivity contribution in [3.8, 4) is 0 Å². The summed E-state index contributed by atoms with van der Waals surface area (Å²) < 4.78 is 5.41. The number of hydrogen-bond donors (Lipinski definition) is 1. The lowest BCUT2D eigenvalue weighted by molar-refractivity contribution is -0.131. The van der Waals surface area contributed by atoms with Crippen LogP contribution in [0.5, 0.6) is 0 Å². The van der Waals surface area contributed by atoms with E-state index in [2.05, 4.69) is 23.5 Å². The maximum absolute atomic E-state index is 13.5. The summed E-state index contributed by atoms with van der Waals surface area (Å²) in [4.78, 5) is 28.3. The van der Waals surface area contributed by atoms with Crippen molar-refractivity contribution in [2.45, 2.75) is 0 Å². The molecule has 1 saturated heterocycles. The lowest BCUT2D eigenvalue weighted by atomic mass is 9.96. The number of hydrogen-bond acceptors (Lipinski definition) is 3. The van der Waals surface area contributed by atoms with E-state index in [-0.39, 0.29) is 17.5 Å². The number of ether oxygens (including phenoxy) is 1. The molecule has 0 aliphatic carbocycles. The van der Waals surface area contributed by atoms with Crippen LogP contribution in [0.2, 0.25) is 0 Å². The number of nitrogens with zero attached hydrogens (tertiary/aromatic N) is 1. The van der Waals surface area contributed by atoms with E-state index in [1.165, 1.54) is 0 Å². The number of amides is 2. The third-order valence-corrected chi connectivity index (χ3v) is 5.91. The molecule has 4 aromatic carbocycles. The normalized spacial score (nSPS) is 14.4. The number of carbonyl (C=O) groups excluding carboxylic acids is 2. The van der Waals surface area contributed by atoms with Crippen LogP contribution in [0.15, 0.2) is 90.6 Å². The first-order valence-corrected chi connectivity index (χ1v) is 11.1. The average Bonchev–Trinajstić information content (AvgIpc) is 2.88. The van der Waals surface area contributed by atoms with E-state index >= 15 is 0 Å². The molecule has 0 unspecified atom stereocenters. The highest BCUT2D eigenvalue weighted by Gasteiger charge is 2.23. The van der Waals surface area contributed by atoms with Gasteiger partial charge in [-0.1, -0.05) is 66.7 Å². The van der Waals surface area contributed by atoms with Gasteiger partial charge >= 0.3 is 0 Å². The van der Waals surface area contributed by atoms with Gasteiger partial charge in [-0.3, -0.25) is 9.59 Å². The van der Waals surface area contributed by atoms with Gasteiger partial charge in [-0.05, 0) is 51.4 Å². The van der Waals surface area contributed by atoms with Crippen LogP contribution in [0.3, 0.4) is 0 Å². The van der Waals surface area contributed by atoms with Crippen LogP contribution in [-0.2, 0) is 9.53 Å². The molecule has 4 aromatic rings. The van der Waals surface area contributed by atoms with Crippen molar-refractivity contribution in [2.75, 3.05) is 26.3 Å². The van der Waals surface area contributed by atoms with Crippen LogP contribution >= 0.6 is 0 Å². The minimum atomic E-state index is -0.312. The first-order chi connectivity index (χ1) is 16.2. The Balaban J connectivity index is 1.65. The topological polar surface area (TPSA) is 58.6 Å². The van der Waals surface area contributed by atoms with Crippen molar-refractivity contribution in [3.63, 3.8) is 0 Å². The minimum absolute atomic E-state index is 0.209. The molecule has 0 atom stereocenters. The third-order valence-electron chi connectivity index (χ3n) is 5.91. The van der Waals surface area contributed by atoms with E-state index < -0.39 is 0 Å². The van der Waals surface area contributed by atoms with E-state index in [1.807, 2.05) is 48.5 Å². The average molecular weight is 437 g/mol. The molecule has 5 heteroatoms. The van der Waals surface area contributed by atoms with Gasteiger partial charge in [-0.2, -0.15) is 0 Å². The summed E-state index contributed by atoms with van der Waals surface area (Å²) in [7, 11) is 0. The summed E-state index contributed by atoms with van der Waals surface area (Å²) in [6.07, 6.45) is 1.82. The smallest absolute Gasteiger partial charge is 0.270 e. The van der Waals surface area contributed by atoms with E-state index in [0.717, 1.165) is 27.1 Å². The number of fused-ring (bicyclic) bond motifs is 2. The molecule has 0 spiro atoms. The molecule has 1 N–H and O–H groups in total. The molecule has 5 nitrogen and oxygen atoms in total. The van der Waals surface area contributed by atoms with Crippen LogP contribution in [-0.4, -0.2) is 43.0 Å². The Bertz CT molecular complexity index is 1300. The van der Waals surface area contributed by atoms with Crippen LogP contribution in [0.1, 0.15) is 15.9 Å². The molecule has 5 rings (SSSR count). The third kappa shape index (κ3) is 4.36. The van der Waals surface area contributed by atoms with Gasteiger partial charge in [-0.15, -0.1) is 0 Å². The number of benzene rings is 4. The SMILES string of the molecule is O=C(N/C(=C/c1c2ccccc2cc2ccccc12)C(=O)N1CCOCC1)c1ccccc1. The minimum Gasteiger partial charge on any atom is -0.378 e. The number of rotatable bonds is 4. The Labute approximate surface area is 192 Å². The standard InChI is InChI=1S/C28H24N2O3/c31-27(20-8-2-1-3-9-20)29-26(28(32)30-14-16-33-17-15-30)19-25-23-12-6-4-10-21(23)18-22-11-5-7-13-24(22)25/h1-13,18-19H,14-17H2,(H,29,31)/b26-19+. The lowest BCUT2D eigenvalue weighted by Gasteiger charge is -2.28. The summed E-state index contributed by atoms with van der Waals surface area (Å²) >= 11 is 0. The molecule has 0 radical (unpaired) electrons. The Kier molecular flexibility index (Phi) is 5.87. The molecule has 33 heavy (non-hydrogen) atoms. The van der Waals surface area contributed by atoms with Crippen molar-refractivity contribution < 1.29 is 14.3 Å². The van der Waals surface area contributed by atoms with Crippen molar-refractivity contribution >= 4 is 39.4 Å². The maximum Gasteiger partial charge on any atom is 0.270 e. The summed E-state index contributed by atoms with van der Waals surface area (Å²) in [6, 6.07) is 27.3. The zero-order valence-electron chi connectivity index (χ0n) is 18.2. The highest BCUT2D eigenvalue weighted by atomic mass is 16.5. The molecule has 0 saturated carbocycles. The van der Waals surface area contributed by atoms with Gasteiger partial charge in [0.2, 0.25) is 0 Å². The monoisotopic (exact) mass is 436 g/mol. The quantitative estimate of drug-likeness (QED) is 0.375. The molecule has 0 bridgehead atoms. The Morgan fingerprint density at radius 2 is 1.36 bits per heavy atom. The zero-order chi connectivity index (χ0) is 22.6. The fraction of sp³-hybridized carbons (Fsp3) is 0.143. The van der Waals surface area contributed by atoms with Gasteiger partial charge in [0.05, 0.1) is 13.2 Å². The number of nitrogens with one attached hydrogen (secondary N) is 1. The fourth-order valence-electron chi connectivity index (χ4n) is 4.22. The maximum atomic E-state index is 13.5. The molecule has 1 heterocycles. The first kappa shape index (κ1) is 20.9. The van der Waals surface area contributed by atoms with Crippen molar-refractivity contribution in [1.82, 2.24) is 10.2 Å². The lowest BCUT2D eigenvalue weighted by Crippen LogP contribution is -2.44. The predicted molar refractivity (Wildman–Crippen MR) is 131 cm³/mol. The van der Waals surface area contributed by atoms with E-state index in [9.17, 15) is 9.59 Å². The Morgan fingerprint density at radius 3 is 2.00 bits per heavy atom. The largest absolute Gasteiger partial charge is 0.378 e. The van der Waals surface area contributed by atoms with Crippen LogP contribution in [0.25, 0.3) is 27.6 Å². The van der Waals surface area contributed by atoms with Gasteiger partial charge in [0.25, 0.3) is 11.8 Å². The molecule has 1 aliphatic rings. The van der Waals surface area contributed by atoms with Gasteiger partial charge in [0.1, 0.15) is 5.70 Å². The van der Waals surface area contributed by atoms with Crippen LogP contribution in [0.4, 0.5) is 0 Å². The van der Waals surface area contributed by atoms with Crippen LogP contribution < -0.4 is 5.32 Å². The summed E-state index contributed by atoms with van der Waals surface area (Å²) in [6.45, 7) is 1.97. The van der Waals surface area contributed by atoms with Gasteiger partial charge < -0.3 is 15.0 Å². The molecule has 1 aliphatic heterocycles. The van der Waals surface area contributed by atoms with Crippen LogP contribution in [0, 0.1) is 0 Å². The predicted octanol–water partition coefficient (Wildman–Crippen LogP) is 4.62. The van der Waals surface area contributed by atoms with E-state index in [4.69, 9.17) is 4.74 Å². The molecule has 0 aromatic heterocycles. The zero-order valence-corrected chi connectivity index (χ0v) is 18.2. The molecule has 2 amide bonds. The Hall–Kier alpha value is -3.96. The summed E-state index contributed by atoms with van der Waals surface area (Å²) in [5, 5.41) is 7.11. The Morgan fingerprint density at radius 1 is 0.788 bits per heavy atom. The number of morpholine rings is 1. The molecule has 164 valence electrons. The number of carbonyl (C=O) groups is 2. The molecular formula is C28H24N2O3. The fourth-order valence-corrected chi connectivity index (χ4v) is 4.22. The molecular weight excluding hydrogens is 412 g/mol. The van der Waals surface area contributed by atoms with Crippen molar-refractivity contribution in [1.29, 1.82) is 0 Å². The highest BCUT2D eigenvalue weighted by Crippen LogP contribution is 2.30. The summed E-state index contributed by atoms with van der Waals surface area (Å²) in [5.41, 5.74) is 1.67. The van der Waals surface area contributed by atoms with Crippen molar-refractivity contribution in [3.05, 3.63) is 102 Å². The van der Waals surface area contributed by atoms with E-state index in [0.29, 0.717) is 31.9 Å². The van der Waals surface area contributed by atoms with Gasteiger partial charge in [-0.25, -0.2) is 0 Å². The molecule has 1 fully saturated rings. The van der Waals surface area contributed by atoms with Gasteiger partial charge in [0, 0.05) is 18.7 Å². The van der Waals surface area contributed by atoms with Crippen molar-refractivity contribution in [2.24, 2.45) is 0 Å². The second-order valence-corrected chi connectivity index (χ2v) is 8.02.